The minimum Gasteiger partial charge on any atom is -0.378 e. The van der Waals surface area contributed by atoms with E-state index < -0.39 is 0 Å². The summed E-state index contributed by atoms with van der Waals surface area (Å²) in [6.07, 6.45) is 0. The number of amides is 1. The second kappa shape index (κ2) is 8.31. The van der Waals surface area contributed by atoms with Crippen LogP contribution in [-0.4, -0.2) is 38.5 Å². The summed E-state index contributed by atoms with van der Waals surface area (Å²) in [5.41, 5.74) is 4.26. The molecule has 0 saturated heterocycles. The maximum atomic E-state index is 12.2. The van der Waals surface area contributed by atoms with Gasteiger partial charge in [0, 0.05) is 36.5 Å². The molecule has 0 atom stereocenters. The number of halogens is 1. The summed E-state index contributed by atoms with van der Waals surface area (Å²) in [6, 6.07) is 14.2. The number of benzene rings is 2. The molecule has 1 N–H and O–H groups in total. The highest BCUT2D eigenvalue weighted by Gasteiger charge is 2.09. The standard InChI is InChI=1S/C19H24BrN3O/c1-14-11-16(20)7-10-18(14)21-19(24)13-23(4)12-15-5-8-17(9-6-15)22(2)3/h5-11H,12-13H2,1-4H3,(H,21,24). The predicted octanol–water partition coefficient (Wildman–Crippen LogP) is 3.89. The fourth-order valence-electron chi connectivity index (χ4n) is 2.47. The van der Waals surface area contributed by atoms with E-state index in [-0.39, 0.29) is 5.91 Å². The fraction of sp³-hybridized carbons (Fsp3) is 0.316. The van der Waals surface area contributed by atoms with Gasteiger partial charge in [-0.25, -0.2) is 0 Å². The Morgan fingerprint density at radius 1 is 1.08 bits per heavy atom. The average Bonchev–Trinajstić information content (AvgIpc) is 2.50. The van der Waals surface area contributed by atoms with Gasteiger partial charge in [0.25, 0.3) is 0 Å². The van der Waals surface area contributed by atoms with E-state index in [4.69, 9.17) is 0 Å². The molecule has 0 bridgehead atoms. The Kier molecular flexibility index (Phi) is 6.40. The molecule has 0 aliphatic heterocycles. The van der Waals surface area contributed by atoms with Crippen LogP contribution in [0.25, 0.3) is 0 Å². The number of nitrogens with one attached hydrogen (secondary N) is 1. The molecule has 0 aliphatic carbocycles. The van der Waals surface area contributed by atoms with Crippen molar-refractivity contribution in [3.63, 3.8) is 0 Å². The lowest BCUT2D eigenvalue weighted by Crippen LogP contribution is -2.30. The number of anilines is 2. The molecule has 2 aromatic rings. The zero-order chi connectivity index (χ0) is 17.7. The molecule has 24 heavy (non-hydrogen) atoms. The van der Waals surface area contributed by atoms with Gasteiger partial charge >= 0.3 is 0 Å². The van der Waals surface area contributed by atoms with Gasteiger partial charge in [0.05, 0.1) is 6.54 Å². The Labute approximate surface area is 152 Å². The van der Waals surface area contributed by atoms with E-state index >= 15 is 0 Å². The number of carbonyl (C=O) groups is 1. The van der Waals surface area contributed by atoms with Gasteiger partial charge in [0.2, 0.25) is 5.91 Å². The fourth-order valence-corrected chi connectivity index (χ4v) is 2.94. The first-order valence-corrected chi connectivity index (χ1v) is 8.65. The lowest BCUT2D eigenvalue weighted by Gasteiger charge is -2.18. The van der Waals surface area contributed by atoms with Crippen molar-refractivity contribution >= 4 is 33.2 Å². The summed E-state index contributed by atoms with van der Waals surface area (Å²) in [6.45, 7) is 3.07. The van der Waals surface area contributed by atoms with Crippen molar-refractivity contribution in [1.82, 2.24) is 4.90 Å². The van der Waals surface area contributed by atoms with Gasteiger partial charge in [-0.2, -0.15) is 0 Å². The van der Waals surface area contributed by atoms with Crippen LogP contribution >= 0.6 is 15.9 Å². The molecule has 0 spiro atoms. The Morgan fingerprint density at radius 2 is 1.75 bits per heavy atom. The van der Waals surface area contributed by atoms with Gasteiger partial charge in [-0.3, -0.25) is 9.69 Å². The predicted molar refractivity (Wildman–Crippen MR) is 105 cm³/mol. The highest BCUT2D eigenvalue weighted by molar-refractivity contribution is 9.10. The van der Waals surface area contributed by atoms with Gasteiger partial charge in [-0.1, -0.05) is 28.1 Å². The van der Waals surface area contributed by atoms with Crippen LogP contribution in [0.5, 0.6) is 0 Å². The molecule has 0 saturated carbocycles. The smallest absolute Gasteiger partial charge is 0.238 e. The summed E-state index contributed by atoms with van der Waals surface area (Å²) < 4.78 is 1.01. The third-order valence-electron chi connectivity index (χ3n) is 3.78. The van der Waals surface area contributed by atoms with Crippen molar-refractivity contribution in [1.29, 1.82) is 0 Å². The summed E-state index contributed by atoms with van der Waals surface area (Å²) >= 11 is 3.43. The van der Waals surface area contributed by atoms with Crippen molar-refractivity contribution in [3.05, 3.63) is 58.1 Å². The monoisotopic (exact) mass is 389 g/mol. The van der Waals surface area contributed by atoms with E-state index in [0.717, 1.165) is 22.3 Å². The van der Waals surface area contributed by atoms with E-state index in [9.17, 15) is 4.79 Å². The maximum absolute atomic E-state index is 12.2. The Hall–Kier alpha value is -1.85. The van der Waals surface area contributed by atoms with Gasteiger partial charge in [-0.15, -0.1) is 0 Å². The molecule has 0 fully saturated rings. The largest absolute Gasteiger partial charge is 0.378 e. The van der Waals surface area contributed by atoms with E-state index in [2.05, 4.69) is 50.4 Å². The highest BCUT2D eigenvalue weighted by atomic mass is 79.9. The number of carbonyl (C=O) groups excluding carboxylic acids is 1. The van der Waals surface area contributed by atoms with E-state index in [0.29, 0.717) is 6.54 Å². The van der Waals surface area contributed by atoms with Crippen molar-refractivity contribution in [2.24, 2.45) is 0 Å². The normalized spacial score (nSPS) is 10.8. The molecule has 5 heteroatoms. The molecule has 128 valence electrons. The molecule has 2 aromatic carbocycles. The van der Waals surface area contributed by atoms with E-state index in [1.807, 2.05) is 51.2 Å². The summed E-state index contributed by atoms with van der Waals surface area (Å²) in [7, 11) is 6.00. The van der Waals surface area contributed by atoms with Crippen LogP contribution in [-0.2, 0) is 11.3 Å². The first-order valence-electron chi connectivity index (χ1n) is 7.86. The number of rotatable bonds is 6. The van der Waals surface area contributed by atoms with Crippen molar-refractivity contribution in [2.75, 3.05) is 37.9 Å². The molecule has 0 aromatic heterocycles. The number of aryl methyl sites for hydroxylation is 1. The van der Waals surface area contributed by atoms with Crippen molar-refractivity contribution < 1.29 is 4.79 Å². The Bertz CT molecular complexity index is 698. The summed E-state index contributed by atoms with van der Waals surface area (Å²) in [5, 5.41) is 2.97. The second-order valence-electron chi connectivity index (χ2n) is 6.24. The lowest BCUT2D eigenvalue weighted by atomic mass is 10.2. The first-order chi connectivity index (χ1) is 11.3. The van der Waals surface area contributed by atoms with Gasteiger partial charge < -0.3 is 10.2 Å². The topological polar surface area (TPSA) is 35.6 Å². The minimum atomic E-state index is -0.00664. The molecule has 0 aliphatic rings. The van der Waals surface area contributed by atoms with Crippen LogP contribution in [0.15, 0.2) is 46.9 Å². The molecule has 0 unspecified atom stereocenters. The van der Waals surface area contributed by atoms with Crippen LogP contribution in [0, 0.1) is 6.92 Å². The SMILES string of the molecule is Cc1cc(Br)ccc1NC(=O)CN(C)Cc1ccc(N(C)C)cc1. The number of likely N-dealkylation sites (N-methyl/N-ethyl adjacent to an activating group) is 1. The molecule has 1 amide bonds. The third-order valence-corrected chi connectivity index (χ3v) is 4.27. The molecule has 2 rings (SSSR count). The van der Waals surface area contributed by atoms with Crippen molar-refractivity contribution in [3.8, 4) is 0 Å². The zero-order valence-electron chi connectivity index (χ0n) is 14.6. The van der Waals surface area contributed by atoms with Crippen LogP contribution in [0.3, 0.4) is 0 Å². The number of hydrogen-bond donors (Lipinski definition) is 1. The zero-order valence-corrected chi connectivity index (χ0v) is 16.2. The van der Waals surface area contributed by atoms with E-state index in [1.54, 1.807) is 0 Å². The van der Waals surface area contributed by atoms with Crippen LogP contribution in [0.1, 0.15) is 11.1 Å². The quantitative estimate of drug-likeness (QED) is 0.813. The van der Waals surface area contributed by atoms with Gasteiger partial charge in [0.15, 0.2) is 0 Å². The minimum absolute atomic E-state index is 0.00664. The molecular formula is C19H24BrN3O. The van der Waals surface area contributed by atoms with Crippen molar-refractivity contribution in [2.45, 2.75) is 13.5 Å². The second-order valence-corrected chi connectivity index (χ2v) is 7.16. The summed E-state index contributed by atoms with van der Waals surface area (Å²) in [4.78, 5) is 16.3. The lowest BCUT2D eigenvalue weighted by molar-refractivity contribution is -0.117. The van der Waals surface area contributed by atoms with Crippen LogP contribution < -0.4 is 10.2 Å². The average molecular weight is 390 g/mol. The summed E-state index contributed by atoms with van der Waals surface area (Å²) in [5.74, 6) is -0.00664. The third kappa shape index (κ3) is 5.35. The molecule has 0 heterocycles. The van der Waals surface area contributed by atoms with Gasteiger partial charge in [-0.05, 0) is 55.4 Å². The molecule has 4 nitrogen and oxygen atoms in total. The number of nitrogens with zero attached hydrogens (tertiary/aromatic N) is 2. The van der Waals surface area contributed by atoms with Gasteiger partial charge in [0.1, 0.15) is 0 Å². The van der Waals surface area contributed by atoms with Crippen LogP contribution in [0.2, 0.25) is 0 Å². The van der Waals surface area contributed by atoms with E-state index in [1.165, 1.54) is 11.3 Å². The number of hydrogen-bond acceptors (Lipinski definition) is 3. The maximum Gasteiger partial charge on any atom is 0.238 e. The Balaban J connectivity index is 1.89. The highest BCUT2D eigenvalue weighted by Crippen LogP contribution is 2.20. The Morgan fingerprint density at radius 3 is 2.33 bits per heavy atom. The molecule has 0 radical (unpaired) electrons. The first kappa shape index (κ1) is 18.5. The van der Waals surface area contributed by atoms with Crippen LogP contribution in [0.4, 0.5) is 11.4 Å². The molecular weight excluding hydrogens is 366 g/mol.